The summed E-state index contributed by atoms with van der Waals surface area (Å²) in [5.41, 5.74) is -1.45. The Morgan fingerprint density at radius 3 is 1.81 bits per heavy atom. The number of rotatable bonds is 7. The monoisotopic (exact) mass is 446 g/mol. The lowest BCUT2D eigenvalue weighted by molar-refractivity contribution is -0.142. The number of benzene rings is 1. The standard InChI is InChI=1S/C25H32F6/c26-14-2-1-3-17-4-6-18(7-5-17)8-9-19-10-12-20(13-11-19)21-15-22(27)24(23(28)16-21)25(29,30)31/h1,3,15-20H,2,4-14H2/t17-,18-,19-,20-. The van der Waals surface area contributed by atoms with Crippen LogP contribution in [0.25, 0.3) is 0 Å². The zero-order valence-corrected chi connectivity index (χ0v) is 17.9. The van der Waals surface area contributed by atoms with Crippen molar-refractivity contribution in [2.75, 3.05) is 6.67 Å². The molecule has 1 aromatic rings. The maximum Gasteiger partial charge on any atom is 0.422 e. The van der Waals surface area contributed by atoms with Gasteiger partial charge in [0.15, 0.2) is 0 Å². The summed E-state index contributed by atoms with van der Waals surface area (Å²) in [4.78, 5) is 0. The van der Waals surface area contributed by atoms with E-state index >= 15 is 0 Å². The molecule has 0 unspecified atom stereocenters. The minimum atomic E-state index is -5.02. The Labute approximate surface area is 181 Å². The van der Waals surface area contributed by atoms with Gasteiger partial charge in [0.05, 0.1) is 6.67 Å². The Hall–Kier alpha value is -1.46. The molecule has 0 nitrogen and oxygen atoms in total. The molecule has 0 aliphatic heterocycles. The first kappa shape index (κ1) is 24.2. The van der Waals surface area contributed by atoms with Gasteiger partial charge >= 0.3 is 6.18 Å². The van der Waals surface area contributed by atoms with E-state index in [2.05, 4.69) is 6.08 Å². The van der Waals surface area contributed by atoms with E-state index in [9.17, 15) is 26.3 Å². The topological polar surface area (TPSA) is 0 Å². The molecule has 0 amide bonds. The van der Waals surface area contributed by atoms with Crippen molar-refractivity contribution >= 4 is 0 Å². The number of halogens is 6. The summed E-state index contributed by atoms with van der Waals surface area (Å²) in [5.74, 6) is -1.19. The molecule has 2 fully saturated rings. The number of allylic oxidation sites excluding steroid dienone is 2. The van der Waals surface area contributed by atoms with Gasteiger partial charge in [-0.3, -0.25) is 4.39 Å². The molecule has 0 N–H and O–H groups in total. The van der Waals surface area contributed by atoms with Crippen LogP contribution in [0.4, 0.5) is 26.3 Å². The fourth-order valence-electron chi connectivity index (χ4n) is 5.38. The number of hydrogen-bond donors (Lipinski definition) is 0. The first-order valence-corrected chi connectivity index (χ1v) is 11.6. The molecule has 0 saturated heterocycles. The van der Waals surface area contributed by atoms with E-state index in [-0.39, 0.29) is 12.6 Å². The van der Waals surface area contributed by atoms with E-state index in [0.717, 1.165) is 50.2 Å². The molecule has 0 aromatic heterocycles. The van der Waals surface area contributed by atoms with Crippen LogP contribution in [-0.4, -0.2) is 6.67 Å². The van der Waals surface area contributed by atoms with Crippen molar-refractivity contribution in [3.63, 3.8) is 0 Å². The predicted molar refractivity (Wildman–Crippen MR) is 110 cm³/mol. The van der Waals surface area contributed by atoms with Crippen molar-refractivity contribution in [2.24, 2.45) is 17.8 Å². The number of hydrogen-bond acceptors (Lipinski definition) is 0. The zero-order chi connectivity index (χ0) is 22.4. The van der Waals surface area contributed by atoms with Crippen LogP contribution in [0, 0.1) is 29.4 Å². The first-order valence-electron chi connectivity index (χ1n) is 11.6. The van der Waals surface area contributed by atoms with Crippen LogP contribution in [0.2, 0.25) is 0 Å². The summed E-state index contributed by atoms with van der Waals surface area (Å²) in [7, 11) is 0. The summed E-state index contributed by atoms with van der Waals surface area (Å²) in [5, 5.41) is 0. The van der Waals surface area contributed by atoms with E-state index in [1.54, 1.807) is 0 Å². The molecule has 0 heterocycles. The molecule has 6 heteroatoms. The molecular weight excluding hydrogens is 414 g/mol. The minimum Gasteiger partial charge on any atom is -0.251 e. The molecular formula is C25H32F6. The molecule has 2 saturated carbocycles. The molecule has 0 radical (unpaired) electrons. The number of alkyl halides is 4. The van der Waals surface area contributed by atoms with Gasteiger partial charge in [-0.05, 0) is 99.2 Å². The molecule has 2 aliphatic rings. The lowest BCUT2D eigenvalue weighted by Gasteiger charge is -2.31. The second-order valence-electron chi connectivity index (χ2n) is 9.34. The highest BCUT2D eigenvalue weighted by atomic mass is 19.4. The van der Waals surface area contributed by atoms with Crippen molar-refractivity contribution in [1.29, 1.82) is 0 Å². The normalized spacial score (nSPS) is 27.7. The Kier molecular flexibility index (Phi) is 8.51. The summed E-state index contributed by atoms with van der Waals surface area (Å²) in [6.45, 7) is -0.295. The minimum absolute atomic E-state index is 0.0749. The Morgan fingerprint density at radius 2 is 1.32 bits per heavy atom. The third-order valence-corrected chi connectivity index (χ3v) is 7.22. The molecule has 2 aliphatic carbocycles. The lowest BCUT2D eigenvalue weighted by atomic mass is 9.74. The largest absolute Gasteiger partial charge is 0.422 e. The average molecular weight is 447 g/mol. The maximum absolute atomic E-state index is 13.9. The van der Waals surface area contributed by atoms with Crippen LogP contribution < -0.4 is 0 Å². The van der Waals surface area contributed by atoms with Gasteiger partial charge in [-0.15, -0.1) is 0 Å². The molecule has 0 spiro atoms. The second-order valence-corrected chi connectivity index (χ2v) is 9.34. The van der Waals surface area contributed by atoms with Gasteiger partial charge in [0.1, 0.15) is 17.2 Å². The van der Waals surface area contributed by atoms with Crippen molar-refractivity contribution in [1.82, 2.24) is 0 Å². The second kappa shape index (κ2) is 10.9. The third kappa shape index (κ3) is 6.76. The third-order valence-electron chi connectivity index (χ3n) is 7.22. The van der Waals surface area contributed by atoms with E-state index in [4.69, 9.17) is 0 Å². The highest BCUT2D eigenvalue weighted by Crippen LogP contribution is 2.42. The summed E-state index contributed by atoms with van der Waals surface area (Å²) in [6, 6.07) is 1.74. The molecule has 3 rings (SSSR count). The van der Waals surface area contributed by atoms with Crippen molar-refractivity contribution in [3.05, 3.63) is 47.0 Å². The summed E-state index contributed by atoms with van der Waals surface area (Å²) < 4.78 is 78.3. The summed E-state index contributed by atoms with van der Waals surface area (Å²) in [6.07, 6.45) is 10.2. The van der Waals surface area contributed by atoms with Crippen LogP contribution in [0.15, 0.2) is 24.3 Å². The van der Waals surface area contributed by atoms with Crippen LogP contribution in [-0.2, 0) is 6.18 Å². The van der Waals surface area contributed by atoms with E-state index in [0.29, 0.717) is 23.8 Å². The highest BCUT2D eigenvalue weighted by Gasteiger charge is 2.38. The van der Waals surface area contributed by atoms with E-state index in [1.807, 2.05) is 6.08 Å². The van der Waals surface area contributed by atoms with Crippen LogP contribution >= 0.6 is 0 Å². The zero-order valence-electron chi connectivity index (χ0n) is 17.9. The predicted octanol–water partition coefficient (Wildman–Crippen LogP) is 8.76. The Bertz CT molecular complexity index is 699. The van der Waals surface area contributed by atoms with Gasteiger partial charge in [-0.1, -0.05) is 25.0 Å². The van der Waals surface area contributed by atoms with Gasteiger partial charge in [0, 0.05) is 0 Å². The fourth-order valence-corrected chi connectivity index (χ4v) is 5.38. The quantitative estimate of drug-likeness (QED) is 0.290. The smallest absolute Gasteiger partial charge is 0.251 e. The maximum atomic E-state index is 13.9. The molecule has 0 atom stereocenters. The molecule has 1 aromatic carbocycles. The Morgan fingerprint density at radius 1 is 0.806 bits per heavy atom. The van der Waals surface area contributed by atoms with Gasteiger partial charge in [0.25, 0.3) is 0 Å². The lowest BCUT2D eigenvalue weighted by Crippen LogP contribution is -2.18. The van der Waals surface area contributed by atoms with E-state index in [1.165, 1.54) is 32.1 Å². The van der Waals surface area contributed by atoms with Crippen LogP contribution in [0.5, 0.6) is 0 Å². The molecule has 174 valence electrons. The van der Waals surface area contributed by atoms with Crippen LogP contribution in [0.3, 0.4) is 0 Å². The highest BCUT2D eigenvalue weighted by molar-refractivity contribution is 5.30. The van der Waals surface area contributed by atoms with Crippen molar-refractivity contribution in [3.8, 4) is 0 Å². The van der Waals surface area contributed by atoms with Crippen molar-refractivity contribution in [2.45, 2.75) is 82.7 Å². The van der Waals surface area contributed by atoms with Gasteiger partial charge in [-0.2, -0.15) is 13.2 Å². The molecule has 0 bridgehead atoms. The van der Waals surface area contributed by atoms with Gasteiger partial charge in [-0.25, -0.2) is 8.78 Å². The van der Waals surface area contributed by atoms with E-state index < -0.39 is 23.4 Å². The Balaban J connectivity index is 1.43. The fraction of sp³-hybridized carbons (Fsp3) is 0.680. The van der Waals surface area contributed by atoms with Crippen molar-refractivity contribution < 1.29 is 26.3 Å². The average Bonchev–Trinajstić information content (AvgIpc) is 2.72. The van der Waals surface area contributed by atoms with Crippen LogP contribution in [0.1, 0.15) is 87.7 Å². The first-order chi connectivity index (χ1) is 14.8. The molecule has 31 heavy (non-hydrogen) atoms. The SMILES string of the molecule is FCCC=C[C@H]1CC[C@H](CC[C@H]2CC[C@H](c3cc(F)c(C(F)(F)F)c(F)c3)CC2)CC1. The van der Waals surface area contributed by atoms with Gasteiger partial charge in [0.2, 0.25) is 0 Å². The summed E-state index contributed by atoms with van der Waals surface area (Å²) >= 11 is 0. The van der Waals surface area contributed by atoms with Gasteiger partial charge < -0.3 is 0 Å².